The van der Waals surface area contributed by atoms with Crippen LogP contribution in [0.4, 0.5) is 0 Å². The van der Waals surface area contributed by atoms with E-state index in [9.17, 15) is 9.59 Å². The van der Waals surface area contributed by atoms with E-state index in [1.54, 1.807) is 26.0 Å². The number of methoxy groups -OCH3 is 2. The predicted octanol–water partition coefficient (Wildman–Crippen LogP) is 2.70. The van der Waals surface area contributed by atoms with E-state index < -0.39 is 17.3 Å². The van der Waals surface area contributed by atoms with Crippen molar-refractivity contribution in [2.75, 3.05) is 27.4 Å². The molecule has 1 aromatic rings. The van der Waals surface area contributed by atoms with Crippen LogP contribution in [0.15, 0.2) is 18.2 Å². The molecule has 158 valence electrons. The monoisotopic (exact) mass is 403 g/mol. The SMILES string of the molecule is CCOC(=O)[C@@]12C[C@@]3(C)CCC[C@]3(O1)N(CCc1ccc(OC)c(OC)c1)C2=O. The third kappa shape index (κ3) is 2.66. The number of esters is 1. The lowest BCUT2D eigenvalue weighted by Crippen LogP contribution is -2.59. The quantitative estimate of drug-likeness (QED) is 0.515. The number of piperidine rings is 1. The summed E-state index contributed by atoms with van der Waals surface area (Å²) in [4.78, 5) is 27.9. The fourth-order valence-corrected chi connectivity index (χ4v) is 5.51. The molecule has 3 fully saturated rings. The van der Waals surface area contributed by atoms with Gasteiger partial charge in [0, 0.05) is 18.4 Å². The van der Waals surface area contributed by atoms with E-state index in [1.165, 1.54) is 0 Å². The van der Waals surface area contributed by atoms with Gasteiger partial charge in [-0.25, -0.2) is 4.79 Å². The molecule has 29 heavy (non-hydrogen) atoms. The number of likely N-dealkylation sites (tertiary alicyclic amines) is 1. The van der Waals surface area contributed by atoms with Crippen molar-refractivity contribution in [2.24, 2.45) is 5.41 Å². The van der Waals surface area contributed by atoms with Crippen molar-refractivity contribution < 1.29 is 28.5 Å². The van der Waals surface area contributed by atoms with Crippen LogP contribution in [0.3, 0.4) is 0 Å². The highest BCUT2D eigenvalue weighted by Gasteiger charge is 2.79. The second-order valence-corrected chi connectivity index (χ2v) is 8.42. The van der Waals surface area contributed by atoms with Crippen molar-refractivity contribution in [1.82, 2.24) is 4.90 Å². The normalized spacial score (nSPS) is 32.4. The van der Waals surface area contributed by atoms with Gasteiger partial charge in [-0.05, 0) is 50.3 Å². The summed E-state index contributed by atoms with van der Waals surface area (Å²) in [6.07, 6.45) is 3.71. The number of benzene rings is 1. The van der Waals surface area contributed by atoms with E-state index in [0.29, 0.717) is 30.9 Å². The largest absolute Gasteiger partial charge is 0.493 e. The Bertz CT molecular complexity index is 841. The van der Waals surface area contributed by atoms with Gasteiger partial charge in [-0.1, -0.05) is 13.0 Å². The van der Waals surface area contributed by atoms with Crippen LogP contribution in [0.1, 0.15) is 45.1 Å². The van der Waals surface area contributed by atoms with E-state index >= 15 is 0 Å². The number of amides is 1. The number of carbonyl (C=O) groups excluding carboxylic acids is 2. The Balaban J connectivity index is 1.61. The number of hydrogen-bond acceptors (Lipinski definition) is 6. The molecule has 3 atom stereocenters. The Morgan fingerprint density at radius 3 is 2.66 bits per heavy atom. The van der Waals surface area contributed by atoms with Gasteiger partial charge in [-0.3, -0.25) is 4.79 Å². The fraction of sp³-hybridized carbons (Fsp3) is 0.636. The molecule has 1 saturated carbocycles. The van der Waals surface area contributed by atoms with Gasteiger partial charge in [-0.15, -0.1) is 0 Å². The van der Waals surface area contributed by atoms with Gasteiger partial charge in [0.05, 0.1) is 20.8 Å². The molecular weight excluding hydrogens is 374 g/mol. The van der Waals surface area contributed by atoms with Crippen molar-refractivity contribution in [3.05, 3.63) is 23.8 Å². The van der Waals surface area contributed by atoms with Crippen molar-refractivity contribution >= 4 is 11.9 Å². The van der Waals surface area contributed by atoms with Gasteiger partial charge in [-0.2, -0.15) is 0 Å². The molecule has 2 bridgehead atoms. The van der Waals surface area contributed by atoms with Gasteiger partial charge in [0.1, 0.15) is 0 Å². The van der Waals surface area contributed by atoms with E-state index in [4.69, 9.17) is 18.9 Å². The predicted molar refractivity (Wildman–Crippen MR) is 105 cm³/mol. The van der Waals surface area contributed by atoms with Crippen LogP contribution in [0.25, 0.3) is 0 Å². The Labute approximate surface area is 171 Å². The van der Waals surface area contributed by atoms with Crippen molar-refractivity contribution in [1.29, 1.82) is 0 Å². The molecule has 1 spiro atoms. The lowest BCUT2D eigenvalue weighted by molar-refractivity contribution is -0.172. The molecule has 3 aliphatic rings. The zero-order valence-electron chi connectivity index (χ0n) is 17.6. The molecule has 2 heterocycles. The number of hydrogen-bond donors (Lipinski definition) is 0. The van der Waals surface area contributed by atoms with Gasteiger partial charge >= 0.3 is 5.97 Å². The molecule has 0 N–H and O–H groups in total. The number of carbonyl (C=O) groups is 2. The van der Waals surface area contributed by atoms with Gasteiger partial charge < -0.3 is 23.8 Å². The summed E-state index contributed by atoms with van der Waals surface area (Å²) in [5, 5.41) is 0. The number of rotatable bonds is 7. The van der Waals surface area contributed by atoms with Crippen LogP contribution in [0.5, 0.6) is 11.5 Å². The molecule has 0 radical (unpaired) electrons. The summed E-state index contributed by atoms with van der Waals surface area (Å²) < 4.78 is 22.3. The van der Waals surface area contributed by atoms with Crippen molar-refractivity contribution in [2.45, 2.75) is 57.3 Å². The van der Waals surface area contributed by atoms with E-state index in [2.05, 4.69) is 6.92 Å². The summed E-state index contributed by atoms with van der Waals surface area (Å²) in [5.74, 6) is 0.519. The van der Waals surface area contributed by atoms with E-state index in [1.807, 2.05) is 18.2 Å². The summed E-state index contributed by atoms with van der Waals surface area (Å²) in [6, 6.07) is 5.75. The fourth-order valence-electron chi connectivity index (χ4n) is 5.51. The molecule has 2 aliphatic heterocycles. The molecule has 1 aromatic carbocycles. The Morgan fingerprint density at radius 2 is 1.97 bits per heavy atom. The third-order valence-electron chi connectivity index (χ3n) is 6.87. The first-order valence-corrected chi connectivity index (χ1v) is 10.3. The van der Waals surface area contributed by atoms with Crippen LogP contribution in [-0.2, 0) is 25.5 Å². The number of fused-ring (bicyclic) bond motifs is 1. The second-order valence-electron chi connectivity index (χ2n) is 8.42. The maximum absolute atomic E-state index is 13.4. The van der Waals surface area contributed by atoms with Crippen LogP contribution >= 0.6 is 0 Å². The van der Waals surface area contributed by atoms with Crippen LogP contribution in [-0.4, -0.2) is 55.5 Å². The maximum atomic E-state index is 13.4. The van der Waals surface area contributed by atoms with Gasteiger partial charge in [0.25, 0.3) is 5.91 Å². The maximum Gasteiger partial charge on any atom is 0.348 e. The minimum atomic E-state index is -1.48. The second kappa shape index (κ2) is 6.90. The highest BCUT2D eigenvalue weighted by Crippen LogP contribution is 2.66. The van der Waals surface area contributed by atoms with Gasteiger partial charge in [0.2, 0.25) is 5.60 Å². The lowest BCUT2D eigenvalue weighted by atomic mass is 9.72. The van der Waals surface area contributed by atoms with E-state index in [-0.39, 0.29) is 17.9 Å². The Hall–Kier alpha value is -2.28. The molecule has 4 rings (SSSR count). The molecular formula is C22H29NO6. The first kappa shape index (κ1) is 20.0. The number of ether oxygens (including phenoxy) is 4. The summed E-state index contributed by atoms with van der Waals surface area (Å²) in [6.45, 7) is 4.59. The standard InChI is InChI=1S/C22H29NO6/c1-5-28-19(25)21-14-20(2)10-6-11-22(20,29-21)23(18(21)24)12-9-15-7-8-16(26-3)17(13-15)27-4/h7-8,13H,5-6,9-12,14H2,1-4H3/t20-,21+,22-/m1/s1. The highest BCUT2D eigenvalue weighted by atomic mass is 16.6. The molecule has 1 amide bonds. The minimum absolute atomic E-state index is 0.229. The van der Waals surface area contributed by atoms with Crippen LogP contribution in [0, 0.1) is 5.41 Å². The third-order valence-corrected chi connectivity index (χ3v) is 6.87. The molecule has 0 aromatic heterocycles. The Kier molecular flexibility index (Phi) is 4.76. The summed E-state index contributed by atoms with van der Waals surface area (Å²) in [7, 11) is 3.20. The number of nitrogens with zero attached hydrogens (tertiary/aromatic N) is 1. The molecule has 7 heteroatoms. The van der Waals surface area contributed by atoms with Crippen LogP contribution < -0.4 is 9.47 Å². The van der Waals surface area contributed by atoms with Crippen molar-refractivity contribution in [3.63, 3.8) is 0 Å². The summed E-state index contributed by atoms with van der Waals surface area (Å²) >= 11 is 0. The Morgan fingerprint density at radius 1 is 1.21 bits per heavy atom. The molecule has 0 unspecified atom stereocenters. The highest BCUT2D eigenvalue weighted by molar-refractivity contribution is 6.09. The topological polar surface area (TPSA) is 74.3 Å². The van der Waals surface area contributed by atoms with Gasteiger partial charge in [0.15, 0.2) is 17.2 Å². The molecule has 1 aliphatic carbocycles. The molecule has 2 saturated heterocycles. The zero-order chi connectivity index (χ0) is 20.9. The average molecular weight is 403 g/mol. The zero-order valence-corrected chi connectivity index (χ0v) is 17.6. The summed E-state index contributed by atoms with van der Waals surface area (Å²) in [5.41, 5.74) is -1.40. The van der Waals surface area contributed by atoms with E-state index in [0.717, 1.165) is 24.8 Å². The smallest absolute Gasteiger partial charge is 0.348 e. The lowest BCUT2D eigenvalue weighted by Gasteiger charge is -2.44. The van der Waals surface area contributed by atoms with Crippen molar-refractivity contribution in [3.8, 4) is 11.5 Å². The average Bonchev–Trinajstić information content (AvgIpc) is 3.25. The first-order valence-electron chi connectivity index (χ1n) is 10.3. The minimum Gasteiger partial charge on any atom is -0.493 e. The molecule has 7 nitrogen and oxygen atoms in total. The first-order chi connectivity index (χ1) is 13.9. The van der Waals surface area contributed by atoms with Crippen LogP contribution in [0.2, 0.25) is 0 Å².